The van der Waals surface area contributed by atoms with Gasteiger partial charge >= 0.3 is 0 Å². The maximum Gasteiger partial charge on any atom is 0.203 e. The fraction of sp³-hybridized carbons (Fsp3) is 0.676. The molecule has 22 nitrogen and oxygen atoms in total. The number of fused-ring (bicyclic) bond motifs is 2. The van der Waals surface area contributed by atoms with Crippen LogP contribution < -0.4 is 27.8 Å². The predicted molar refractivity (Wildman–Crippen MR) is 222 cm³/mol. The number of aliphatic hydroxyl groups excluding tert-OH is 6. The van der Waals surface area contributed by atoms with Gasteiger partial charge in [0.25, 0.3) is 0 Å². The van der Waals surface area contributed by atoms with Gasteiger partial charge in [-0.05, 0) is 32.2 Å². The van der Waals surface area contributed by atoms with E-state index in [0.717, 1.165) is 57.9 Å². The molecule has 6 heterocycles. The van der Waals surface area contributed by atoms with E-state index in [9.17, 15) is 30.6 Å². The zero-order chi connectivity index (χ0) is 41.1. The summed E-state index contributed by atoms with van der Waals surface area (Å²) < 4.78 is 14.9. The van der Waals surface area contributed by atoms with Crippen molar-refractivity contribution in [1.82, 2.24) is 39.0 Å². The third-order valence-electron chi connectivity index (χ3n) is 9.57. The molecule has 24 heteroatoms. The molecule has 2 aliphatic heterocycles. The van der Waals surface area contributed by atoms with Gasteiger partial charge in [-0.2, -0.15) is 0 Å². The Morgan fingerprint density at radius 3 is 1.53 bits per heavy atom. The number of hydrogen-bond donors (Lipinski definition) is 13. The highest BCUT2D eigenvalue weighted by Crippen LogP contribution is 2.33. The van der Waals surface area contributed by atoms with E-state index in [0.29, 0.717) is 63.1 Å². The van der Waals surface area contributed by atoms with Gasteiger partial charge in [-0.1, -0.05) is 57.5 Å². The summed E-state index contributed by atoms with van der Waals surface area (Å²) in [5.74, 6) is 1.09. The monoisotopic (exact) mass is 854 g/mol. The summed E-state index contributed by atoms with van der Waals surface area (Å²) in [5.41, 5.74) is 18.0. The van der Waals surface area contributed by atoms with Gasteiger partial charge in [-0.25, -0.2) is 19.9 Å². The quantitative estimate of drug-likeness (QED) is 0.0256. The highest BCUT2D eigenvalue weighted by molar-refractivity contribution is 7.71. The molecule has 0 amide bonds. The Balaban J connectivity index is 0.000000254. The number of guanidine groups is 1. The number of aliphatic hydroxyl groups is 6. The minimum atomic E-state index is -1.22. The Morgan fingerprint density at radius 1 is 0.707 bits per heavy atom. The normalized spacial score (nSPS) is 24.1. The van der Waals surface area contributed by atoms with E-state index >= 15 is 0 Å². The number of nitrogens with one attached hydrogen (secondary N) is 4. The number of ether oxygens (including phenoxy) is 2. The number of rotatable bonds is 19. The van der Waals surface area contributed by atoms with E-state index in [1.54, 1.807) is 9.13 Å². The van der Waals surface area contributed by atoms with Crippen molar-refractivity contribution < 1.29 is 40.1 Å². The van der Waals surface area contributed by atoms with Gasteiger partial charge in [0.15, 0.2) is 27.7 Å². The van der Waals surface area contributed by atoms with E-state index in [1.165, 1.54) is 12.7 Å². The SMILES string of the molecule is C.NC(N)=NCCCCCCNc1nc(=S)c2ncn([C@@H]3O[C@H](CO)[C@H](O)C3O)c2[nH]1.NCCCCCCNc1nc(=S)c2ncn([C@@H]3O[C@H](CO)[C@H](O)C3O)c2[nH]1. The molecular weight excluding hydrogens is 797 g/mol. The Bertz CT molecular complexity index is 2020. The minimum Gasteiger partial charge on any atom is -0.394 e. The Hall–Kier alpha value is -3.95. The van der Waals surface area contributed by atoms with Gasteiger partial charge in [0, 0.05) is 19.6 Å². The number of nitrogens with zero attached hydrogens (tertiary/aromatic N) is 7. The maximum atomic E-state index is 10.3. The van der Waals surface area contributed by atoms with Crippen LogP contribution in [0.3, 0.4) is 0 Å². The first-order valence-electron chi connectivity index (χ1n) is 18.9. The number of nitrogens with two attached hydrogens (primary N) is 3. The molecule has 2 saturated heterocycles. The van der Waals surface area contributed by atoms with Crippen LogP contribution in [0, 0.1) is 9.28 Å². The van der Waals surface area contributed by atoms with Gasteiger partial charge < -0.3 is 77.9 Å². The van der Waals surface area contributed by atoms with Crippen molar-refractivity contribution in [2.75, 3.05) is 50.0 Å². The second-order valence-corrected chi connectivity index (χ2v) is 14.5. The third kappa shape index (κ3) is 11.4. The molecule has 16 N–H and O–H groups in total. The van der Waals surface area contributed by atoms with Crippen molar-refractivity contribution >= 4 is 64.6 Å². The van der Waals surface area contributed by atoms with Crippen LogP contribution in [0.2, 0.25) is 0 Å². The molecule has 0 bridgehead atoms. The third-order valence-corrected chi connectivity index (χ3v) is 10.1. The molecule has 8 atom stereocenters. The average molecular weight is 855 g/mol. The Labute approximate surface area is 344 Å². The van der Waals surface area contributed by atoms with Crippen LogP contribution in [0.1, 0.15) is 71.2 Å². The number of aromatic amines is 2. The molecule has 2 aliphatic rings. The fourth-order valence-electron chi connectivity index (χ4n) is 6.48. The summed E-state index contributed by atoms with van der Waals surface area (Å²) in [5, 5.41) is 65.5. The van der Waals surface area contributed by atoms with Crippen molar-refractivity contribution in [1.29, 1.82) is 0 Å². The van der Waals surface area contributed by atoms with Crippen molar-refractivity contribution in [3.63, 3.8) is 0 Å². The summed E-state index contributed by atoms with van der Waals surface area (Å²) in [6, 6.07) is 0. The summed E-state index contributed by atoms with van der Waals surface area (Å²) >= 11 is 10.6. The molecule has 4 aromatic rings. The number of aliphatic imine (C=N–C) groups is 1. The van der Waals surface area contributed by atoms with Crippen LogP contribution in [0.4, 0.5) is 11.9 Å². The second kappa shape index (κ2) is 22.4. The zero-order valence-corrected chi connectivity index (χ0v) is 33.0. The molecule has 324 valence electrons. The lowest BCUT2D eigenvalue weighted by Gasteiger charge is -2.17. The lowest BCUT2D eigenvalue weighted by atomic mass is 10.1. The maximum absolute atomic E-state index is 10.3. The van der Waals surface area contributed by atoms with Crippen LogP contribution in [0.5, 0.6) is 0 Å². The van der Waals surface area contributed by atoms with Gasteiger partial charge in [0.2, 0.25) is 11.9 Å². The van der Waals surface area contributed by atoms with Crippen LogP contribution in [-0.4, -0.2) is 152 Å². The molecule has 2 unspecified atom stereocenters. The smallest absolute Gasteiger partial charge is 0.203 e. The zero-order valence-electron chi connectivity index (χ0n) is 31.4. The van der Waals surface area contributed by atoms with Crippen molar-refractivity contribution in [2.45, 2.75) is 108 Å². The number of H-pyrrole nitrogens is 2. The number of aromatic nitrogens is 8. The first-order valence-corrected chi connectivity index (χ1v) is 19.7. The Morgan fingerprint density at radius 2 is 1.14 bits per heavy atom. The molecule has 0 radical (unpaired) electrons. The fourth-order valence-corrected chi connectivity index (χ4v) is 6.96. The largest absolute Gasteiger partial charge is 0.394 e. The van der Waals surface area contributed by atoms with Crippen LogP contribution in [0.15, 0.2) is 17.6 Å². The van der Waals surface area contributed by atoms with Gasteiger partial charge in [0.1, 0.15) is 59.0 Å². The molecule has 2 fully saturated rings. The summed E-state index contributed by atoms with van der Waals surface area (Å²) in [6.07, 6.45) is 2.63. The number of hydrogen-bond acceptors (Lipinski definition) is 18. The standard InChI is InChI=1S/C17H28N8O4S.C16H26N6O4S.CH4/c18-16(19)20-5-3-1-2-4-6-21-17-23-13-10(14(30)24-17)22-8-25(13)15-12(28)11(27)9(7-26)29-15;17-5-3-1-2-4-6-18-16-20-13-10(14(27)21-16)19-8-22(13)15-12(25)11(24)9(7-23)26-15;/h8-9,11-12,15,26-28H,1-7H2,(H4,18,19,20)(H2,21,23,24,30);8-9,11-12,15,23-25H,1-7,17H2,(H2,18,20,21,27);1H4/t2*9-,11+,12?,15-;/m11./s1. The van der Waals surface area contributed by atoms with E-state index in [4.69, 9.17) is 51.1 Å². The van der Waals surface area contributed by atoms with E-state index < -0.39 is 62.3 Å². The molecule has 0 saturated carbocycles. The van der Waals surface area contributed by atoms with E-state index in [-0.39, 0.29) is 13.4 Å². The van der Waals surface area contributed by atoms with Crippen molar-refractivity contribution in [3.05, 3.63) is 21.9 Å². The lowest BCUT2D eigenvalue weighted by Crippen LogP contribution is -2.33. The molecule has 4 aromatic heterocycles. The first kappa shape index (κ1) is 46.7. The van der Waals surface area contributed by atoms with Crippen LogP contribution in [-0.2, 0) is 9.47 Å². The van der Waals surface area contributed by atoms with Crippen molar-refractivity contribution in [2.24, 2.45) is 22.2 Å². The molecule has 0 aliphatic carbocycles. The molecule has 58 heavy (non-hydrogen) atoms. The molecule has 0 spiro atoms. The first-order chi connectivity index (χ1) is 27.5. The van der Waals surface area contributed by atoms with Gasteiger partial charge in [0.05, 0.1) is 25.9 Å². The molecular formula is C34H58N14O8S2. The minimum absolute atomic E-state index is 0. The van der Waals surface area contributed by atoms with Gasteiger partial charge in [-0.3, -0.25) is 14.1 Å². The summed E-state index contributed by atoms with van der Waals surface area (Å²) in [7, 11) is 0. The second-order valence-electron chi connectivity index (χ2n) is 13.7. The summed E-state index contributed by atoms with van der Waals surface area (Å²) in [4.78, 5) is 27.3. The van der Waals surface area contributed by atoms with E-state index in [2.05, 4.69) is 45.5 Å². The predicted octanol–water partition coefficient (Wildman–Crippen LogP) is 0.0136. The lowest BCUT2D eigenvalue weighted by molar-refractivity contribution is -0.0511. The van der Waals surface area contributed by atoms with Crippen molar-refractivity contribution in [3.8, 4) is 0 Å². The number of unbranched alkanes of at least 4 members (excludes halogenated alkanes) is 6. The Kier molecular flexibility index (Phi) is 18.1. The topological polar surface area (TPSA) is 347 Å². The molecule has 0 aromatic carbocycles. The van der Waals surface area contributed by atoms with Crippen LogP contribution >= 0.6 is 24.4 Å². The highest BCUT2D eigenvalue weighted by Gasteiger charge is 2.45. The summed E-state index contributed by atoms with van der Waals surface area (Å²) in [6.45, 7) is 1.97. The number of imidazole rings is 2. The van der Waals surface area contributed by atoms with Crippen LogP contribution in [0.25, 0.3) is 22.3 Å². The molecule has 6 rings (SSSR count). The van der Waals surface area contributed by atoms with Gasteiger partial charge in [-0.15, -0.1) is 0 Å². The number of anilines is 2. The average Bonchev–Trinajstić information content (AvgIpc) is 3.95. The highest BCUT2D eigenvalue weighted by atomic mass is 32.1. The van der Waals surface area contributed by atoms with E-state index in [1.807, 2.05) is 0 Å².